The molecule has 1 aromatic carbocycles. The number of unbranched alkanes of at least 4 members (excludes halogenated alkanes) is 16. The van der Waals surface area contributed by atoms with Gasteiger partial charge in [0.1, 0.15) is 0 Å². The van der Waals surface area contributed by atoms with Crippen LogP contribution in [0.25, 0.3) is 0 Å². The van der Waals surface area contributed by atoms with E-state index in [0.717, 1.165) is 19.3 Å². The lowest BCUT2D eigenvalue weighted by atomic mass is 10.0. The number of hydrogen-bond donors (Lipinski definition) is 3. The number of benzene rings is 1. The number of rotatable bonds is 19. The van der Waals surface area contributed by atoms with Gasteiger partial charge in [-0.1, -0.05) is 110 Å². The Bertz CT molecular complexity index is 583. The predicted octanol–water partition coefficient (Wildman–Crippen LogP) is 8.03. The summed E-state index contributed by atoms with van der Waals surface area (Å²) < 4.78 is 0. The van der Waals surface area contributed by atoms with Gasteiger partial charge in [0.2, 0.25) is 5.75 Å². The van der Waals surface area contributed by atoms with Crippen LogP contribution in [0.5, 0.6) is 17.2 Å². The molecule has 0 saturated heterocycles. The van der Waals surface area contributed by atoms with Crippen molar-refractivity contribution in [2.24, 2.45) is 0 Å². The Labute approximate surface area is 183 Å². The summed E-state index contributed by atoms with van der Waals surface area (Å²) in [6, 6.07) is 2.59. The molecule has 1 aromatic rings. The highest BCUT2D eigenvalue weighted by Crippen LogP contribution is 2.37. The molecular weight excluding hydrogens is 376 g/mol. The average molecular weight is 421 g/mol. The Kier molecular flexibility index (Phi) is 14.9. The summed E-state index contributed by atoms with van der Waals surface area (Å²) in [5.41, 5.74) is 0.0850. The number of aromatic hydroxyl groups is 3. The van der Waals surface area contributed by atoms with Gasteiger partial charge in [0.25, 0.3) is 0 Å². The van der Waals surface area contributed by atoms with E-state index in [1.165, 1.54) is 102 Å². The summed E-state index contributed by atoms with van der Waals surface area (Å²) in [5.74, 6) is -1.75. The maximum atomic E-state index is 12.1. The molecular formula is C26H44O4. The smallest absolute Gasteiger partial charge is 0.201 e. The van der Waals surface area contributed by atoms with Gasteiger partial charge < -0.3 is 15.3 Å². The maximum absolute atomic E-state index is 12.1. The molecule has 0 saturated carbocycles. The van der Waals surface area contributed by atoms with Gasteiger partial charge in [0.15, 0.2) is 17.3 Å². The summed E-state index contributed by atoms with van der Waals surface area (Å²) in [4.78, 5) is 12.1. The van der Waals surface area contributed by atoms with Gasteiger partial charge in [-0.05, 0) is 18.6 Å². The Morgan fingerprint density at radius 2 is 1.00 bits per heavy atom. The van der Waals surface area contributed by atoms with E-state index in [1.54, 1.807) is 0 Å². The minimum absolute atomic E-state index is 0.0850. The second kappa shape index (κ2) is 17.0. The molecule has 0 spiro atoms. The lowest BCUT2D eigenvalue weighted by Crippen LogP contribution is -1.99. The van der Waals surface area contributed by atoms with Crippen molar-refractivity contribution in [1.82, 2.24) is 0 Å². The maximum Gasteiger partial charge on any atom is 0.201 e. The van der Waals surface area contributed by atoms with Gasteiger partial charge in [-0.2, -0.15) is 0 Å². The van der Waals surface area contributed by atoms with Crippen LogP contribution in [0.1, 0.15) is 133 Å². The molecule has 4 nitrogen and oxygen atoms in total. The number of carbonyl (C=O) groups excluding carboxylic acids is 1. The van der Waals surface area contributed by atoms with E-state index in [2.05, 4.69) is 6.92 Å². The number of Topliss-reactive ketones (excluding diaryl/α,β-unsaturated/α-hetero) is 1. The Morgan fingerprint density at radius 1 is 0.600 bits per heavy atom. The highest BCUT2D eigenvalue weighted by atomic mass is 16.3. The molecule has 0 atom stereocenters. The Morgan fingerprint density at radius 3 is 1.43 bits per heavy atom. The summed E-state index contributed by atoms with van der Waals surface area (Å²) in [6.45, 7) is 2.27. The largest absolute Gasteiger partial charge is 0.504 e. The minimum atomic E-state index is -0.622. The van der Waals surface area contributed by atoms with Crippen molar-refractivity contribution < 1.29 is 20.1 Å². The van der Waals surface area contributed by atoms with Crippen LogP contribution in [-0.4, -0.2) is 21.1 Å². The topological polar surface area (TPSA) is 77.8 Å². The molecule has 4 heteroatoms. The monoisotopic (exact) mass is 420 g/mol. The van der Waals surface area contributed by atoms with Crippen molar-refractivity contribution in [1.29, 1.82) is 0 Å². The van der Waals surface area contributed by atoms with Crippen molar-refractivity contribution in [3.63, 3.8) is 0 Å². The van der Waals surface area contributed by atoms with Gasteiger partial charge in [0, 0.05) is 6.42 Å². The summed E-state index contributed by atoms with van der Waals surface area (Å²) in [7, 11) is 0. The molecule has 3 N–H and O–H groups in total. The van der Waals surface area contributed by atoms with Gasteiger partial charge in [-0.15, -0.1) is 0 Å². The number of hydrogen-bond acceptors (Lipinski definition) is 4. The third-order valence-electron chi connectivity index (χ3n) is 5.94. The number of phenolic OH excluding ortho intramolecular Hbond substituents is 3. The fourth-order valence-electron chi connectivity index (χ4n) is 3.94. The normalized spacial score (nSPS) is 11.1. The molecule has 1 rings (SSSR count). The lowest BCUT2D eigenvalue weighted by molar-refractivity contribution is 0.0975. The number of ketones is 1. The van der Waals surface area contributed by atoms with Crippen LogP contribution < -0.4 is 0 Å². The SMILES string of the molecule is CCCCCCCCCCCCCCCCCCCC(=O)c1ccc(O)c(O)c1O. The quantitative estimate of drug-likeness (QED) is 0.120. The lowest BCUT2D eigenvalue weighted by Gasteiger charge is -2.07. The van der Waals surface area contributed by atoms with Gasteiger partial charge in [-0.3, -0.25) is 4.79 Å². The van der Waals surface area contributed by atoms with Crippen LogP contribution in [0.2, 0.25) is 0 Å². The van der Waals surface area contributed by atoms with Gasteiger partial charge in [0.05, 0.1) is 5.56 Å². The standard InChI is InChI=1S/C26H44O4/c1-2-3-4-5-6-7-8-9-10-11-12-13-14-15-16-17-18-19-23(27)22-20-21-24(28)26(30)25(22)29/h20-21,28-30H,2-19H2,1H3. The van der Waals surface area contributed by atoms with Crippen LogP contribution in [0.15, 0.2) is 12.1 Å². The fourth-order valence-corrected chi connectivity index (χ4v) is 3.94. The van der Waals surface area contributed by atoms with Crippen molar-refractivity contribution in [2.45, 2.75) is 122 Å². The fraction of sp³-hybridized carbons (Fsp3) is 0.731. The van der Waals surface area contributed by atoms with E-state index < -0.39 is 17.2 Å². The number of phenols is 3. The van der Waals surface area contributed by atoms with Gasteiger partial charge >= 0.3 is 0 Å². The van der Waals surface area contributed by atoms with E-state index in [-0.39, 0.29) is 11.3 Å². The van der Waals surface area contributed by atoms with E-state index in [9.17, 15) is 20.1 Å². The van der Waals surface area contributed by atoms with Crippen molar-refractivity contribution in [2.75, 3.05) is 0 Å². The highest BCUT2D eigenvalue weighted by Gasteiger charge is 2.16. The Hall–Kier alpha value is -1.71. The highest BCUT2D eigenvalue weighted by molar-refractivity contribution is 5.99. The zero-order valence-corrected chi connectivity index (χ0v) is 19.1. The summed E-state index contributed by atoms with van der Waals surface area (Å²) in [5, 5.41) is 28.6. The molecule has 0 aliphatic carbocycles. The molecule has 0 amide bonds. The van der Waals surface area contributed by atoms with E-state index >= 15 is 0 Å². The molecule has 0 bridgehead atoms. The molecule has 0 fully saturated rings. The van der Waals surface area contributed by atoms with Crippen LogP contribution in [0.4, 0.5) is 0 Å². The first-order valence-corrected chi connectivity index (χ1v) is 12.3. The first-order chi connectivity index (χ1) is 14.6. The van der Waals surface area contributed by atoms with Crippen molar-refractivity contribution in [3.05, 3.63) is 17.7 Å². The molecule has 0 heterocycles. The molecule has 0 unspecified atom stereocenters. The molecule has 0 aliphatic rings. The zero-order valence-electron chi connectivity index (χ0n) is 19.1. The Balaban J connectivity index is 1.89. The van der Waals surface area contributed by atoms with E-state index in [4.69, 9.17) is 0 Å². The van der Waals surface area contributed by atoms with E-state index in [0.29, 0.717) is 6.42 Å². The van der Waals surface area contributed by atoms with Gasteiger partial charge in [-0.25, -0.2) is 0 Å². The summed E-state index contributed by atoms with van der Waals surface area (Å²) in [6.07, 6.45) is 22.4. The average Bonchev–Trinajstić information content (AvgIpc) is 2.74. The third-order valence-corrected chi connectivity index (χ3v) is 5.94. The molecule has 0 aliphatic heterocycles. The summed E-state index contributed by atoms with van der Waals surface area (Å²) >= 11 is 0. The molecule has 30 heavy (non-hydrogen) atoms. The third kappa shape index (κ3) is 11.5. The molecule has 172 valence electrons. The molecule has 0 radical (unpaired) electrons. The predicted molar refractivity (Wildman–Crippen MR) is 125 cm³/mol. The number of carbonyl (C=O) groups is 1. The van der Waals surface area contributed by atoms with Crippen LogP contribution in [-0.2, 0) is 0 Å². The minimum Gasteiger partial charge on any atom is -0.504 e. The van der Waals surface area contributed by atoms with Crippen LogP contribution in [0.3, 0.4) is 0 Å². The van der Waals surface area contributed by atoms with Crippen LogP contribution in [0, 0.1) is 0 Å². The second-order valence-corrected chi connectivity index (χ2v) is 8.66. The first-order valence-electron chi connectivity index (χ1n) is 12.3. The molecule has 0 aromatic heterocycles. The van der Waals surface area contributed by atoms with Crippen molar-refractivity contribution >= 4 is 5.78 Å². The van der Waals surface area contributed by atoms with Crippen LogP contribution >= 0.6 is 0 Å². The van der Waals surface area contributed by atoms with Crippen molar-refractivity contribution in [3.8, 4) is 17.2 Å². The second-order valence-electron chi connectivity index (χ2n) is 8.66. The first kappa shape index (κ1) is 26.3. The van der Waals surface area contributed by atoms with E-state index in [1.807, 2.05) is 0 Å². The zero-order chi connectivity index (χ0) is 22.0.